The summed E-state index contributed by atoms with van der Waals surface area (Å²) in [5.41, 5.74) is 5.88. The lowest BCUT2D eigenvalue weighted by molar-refractivity contribution is -0.132. The molecule has 0 aromatic rings. The largest absolute Gasteiger partial charge is 0.477 e. The number of aliphatic imine (C=N–C) groups is 1. The van der Waals surface area contributed by atoms with E-state index in [4.69, 9.17) is 10.5 Å². The Kier molecular flexibility index (Phi) is 5.80. The van der Waals surface area contributed by atoms with Crippen molar-refractivity contribution >= 4 is 17.8 Å². The lowest BCUT2D eigenvalue weighted by Gasteiger charge is -2.35. The summed E-state index contributed by atoms with van der Waals surface area (Å²) < 4.78 is 5.37. The minimum Gasteiger partial charge on any atom is -0.477 e. The first kappa shape index (κ1) is 19.0. The molecule has 7 nitrogen and oxygen atoms in total. The summed E-state index contributed by atoms with van der Waals surface area (Å²) in [4.78, 5) is 29.5. The maximum atomic E-state index is 12.3. The van der Waals surface area contributed by atoms with Crippen LogP contribution >= 0.6 is 0 Å². The van der Waals surface area contributed by atoms with Gasteiger partial charge in [-0.25, -0.2) is 9.59 Å². The third kappa shape index (κ3) is 5.26. The zero-order valence-corrected chi connectivity index (χ0v) is 14.7. The first-order valence-electron chi connectivity index (χ1n) is 7.70. The minimum atomic E-state index is -1.21. The number of nitrogens with two attached hydrogens (primary N) is 1. The number of nitrogens with zero attached hydrogens (tertiary/aromatic N) is 2. The summed E-state index contributed by atoms with van der Waals surface area (Å²) in [5.74, 6) is -1.33. The molecule has 0 radical (unpaired) electrons. The second-order valence-electron chi connectivity index (χ2n) is 7.07. The molecular weight excluding hydrogens is 298 g/mol. The van der Waals surface area contributed by atoms with Gasteiger partial charge in [0.25, 0.3) is 0 Å². The van der Waals surface area contributed by atoms with Crippen LogP contribution in [0.2, 0.25) is 0 Å². The van der Waals surface area contributed by atoms with Crippen LogP contribution in [0.5, 0.6) is 0 Å². The number of hydrogen-bond acceptors (Lipinski definition) is 5. The van der Waals surface area contributed by atoms with Crippen molar-refractivity contribution in [2.24, 2.45) is 16.6 Å². The number of ether oxygens (including phenoxy) is 1. The molecule has 3 N–H and O–H groups in total. The third-order valence-corrected chi connectivity index (χ3v) is 3.22. The summed E-state index contributed by atoms with van der Waals surface area (Å²) in [7, 11) is 0. The highest BCUT2D eigenvalue weighted by atomic mass is 16.6. The predicted octanol–water partition coefficient (Wildman–Crippen LogP) is 2.02. The monoisotopic (exact) mass is 325 g/mol. The van der Waals surface area contributed by atoms with E-state index in [2.05, 4.69) is 4.99 Å². The lowest BCUT2D eigenvalue weighted by atomic mass is 9.91. The smallest absolute Gasteiger partial charge is 0.410 e. The van der Waals surface area contributed by atoms with Gasteiger partial charge in [0.1, 0.15) is 11.3 Å². The molecule has 130 valence electrons. The van der Waals surface area contributed by atoms with Gasteiger partial charge in [0.05, 0.1) is 6.54 Å². The molecule has 23 heavy (non-hydrogen) atoms. The average molecular weight is 325 g/mol. The van der Waals surface area contributed by atoms with Crippen LogP contribution in [0.15, 0.2) is 16.3 Å². The first-order chi connectivity index (χ1) is 10.4. The van der Waals surface area contributed by atoms with E-state index in [-0.39, 0.29) is 24.2 Å². The molecule has 0 aliphatic carbocycles. The number of carboxylic acids is 1. The number of carbonyl (C=O) groups excluding carboxylic acids is 1. The molecule has 0 saturated carbocycles. The van der Waals surface area contributed by atoms with Gasteiger partial charge in [-0.2, -0.15) is 0 Å². The zero-order chi connectivity index (χ0) is 17.9. The lowest BCUT2D eigenvalue weighted by Crippen LogP contribution is -2.48. The summed E-state index contributed by atoms with van der Waals surface area (Å²) >= 11 is 0. The number of amides is 1. The third-order valence-electron chi connectivity index (χ3n) is 3.22. The second-order valence-corrected chi connectivity index (χ2v) is 7.07. The number of carboxylic acid groups (broad SMARTS) is 1. The maximum Gasteiger partial charge on any atom is 0.410 e. The molecule has 7 heteroatoms. The molecule has 0 aromatic heterocycles. The van der Waals surface area contributed by atoms with E-state index in [0.717, 1.165) is 0 Å². The van der Waals surface area contributed by atoms with Crippen LogP contribution < -0.4 is 5.73 Å². The minimum absolute atomic E-state index is 0.0112. The van der Waals surface area contributed by atoms with E-state index in [1.807, 2.05) is 20.8 Å². The number of aliphatic carboxylic acids is 1. The summed E-state index contributed by atoms with van der Waals surface area (Å²) in [6.45, 7) is 11.6. The van der Waals surface area contributed by atoms with Crippen molar-refractivity contribution in [3.8, 4) is 0 Å². The van der Waals surface area contributed by atoms with Crippen molar-refractivity contribution in [3.05, 3.63) is 11.3 Å². The Morgan fingerprint density at radius 1 is 1.39 bits per heavy atom. The van der Waals surface area contributed by atoms with Crippen LogP contribution in [0.25, 0.3) is 0 Å². The molecular formula is C16H27N3O4. The molecule has 1 aliphatic heterocycles. The molecule has 0 bridgehead atoms. The van der Waals surface area contributed by atoms with Crippen LogP contribution in [-0.4, -0.2) is 52.5 Å². The quantitative estimate of drug-likeness (QED) is 0.756. The van der Waals surface area contributed by atoms with Crippen molar-refractivity contribution in [1.29, 1.82) is 0 Å². The molecule has 1 atom stereocenters. The van der Waals surface area contributed by atoms with E-state index in [1.54, 1.807) is 20.8 Å². The molecule has 1 saturated heterocycles. The molecule has 1 amide bonds. The number of rotatable bonds is 2. The molecule has 0 unspecified atom stereocenters. The van der Waals surface area contributed by atoms with Gasteiger partial charge in [-0.15, -0.1) is 0 Å². The van der Waals surface area contributed by atoms with Crippen molar-refractivity contribution in [3.63, 3.8) is 0 Å². The van der Waals surface area contributed by atoms with Gasteiger partial charge >= 0.3 is 12.1 Å². The molecule has 1 heterocycles. The highest BCUT2D eigenvalue weighted by molar-refractivity contribution is 6.08. The Morgan fingerprint density at radius 3 is 2.39 bits per heavy atom. The Hall–Kier alpha value is -2.05. The molecule has 0 aromatic carbocycles. The summed E-state index contributed by atoms with van der Waals surface area (Å²) in [5, 5.41) is 9.21. The van der Waals surface area contributed by atoms with Crippen LogP contribution in [0.4, 0.5) is 4.79 Å². The van der Waals surface area contributed by atoms with Gasteiger partial charge in [0.15, 0.2) is 0 Å². The molecule has 1 fully saturated rings. The highest BCUT2D eigenvalue weighted by Gasteiger charge is 2.34. The number of hydrogen-bond donors (Lipinski definition) is 2. The fourth-order valence-corrected chi connectivity index (χ4v) is 2.35. The van der Waals surface area contributed by atoms with Gasteiger partial charge < -0.3 is 20.5 Å². The van der Waals surface area contributed by atoms with Gasteiger partial charge in [0, 0.05) is 29.8 Å². The predicted molar refractivity (Wildman–Crippen MR) is 88.4 cm³/mol. The van der Waals surface area contributed by atoms with Gasteiger partial charge in [-0.3, -0.25) is 4.99 Å². The Balaban J connectivity index is 3.18. The number of likely N-dealkylation sites (tertiary alicyclic amines) is 1. The van der Waals surface area contributed by atoms with Crippen molar-refractivity contribution in [2.45, 2.75) is 53.2 Å². The van der Waals surface area contributed by atoms with Crippen LogP contribution in [0.3, 0.4) is 0 Å². The normalized spacial score (nSPS) is 23.2. The molecule has 1 rings (SSSR count). The van der Waals surface area contributed by atoms with Crippen molar-refractivity contribution < 1.29 is 19.4 Å². The maximum absolute atomic E-state index is 12.3. The van der Waals surface area contributed by atoms with Crippen LogP contribution in [0.1, 0.15) is 41.5 Å². The summed E-state index contributed by atoms with van der Waals surface area (Å²) in [6.07, 6.45) is -0.483. The van der Waals surface area contributed by atoms with E-state index >= 15 is 0 Å². The molecule has 1 aliphatic rings. The van der Waals surface area contributed by atoms with Gasteiger partial charge in [-0.1, -0.05) is 6.92 Å². The van der Waals surface area contributed by atoms with E-state index in [9.17, 15) is 14.7 Å². The van der Waals surface area contributed by atoms with Crippen LogP contribution in [0, 0.1) is 5.92 Å². The van der Waals surface area contributed by atoms with Gasteiger partial charge in [-0.05, 0) is 34.6 Å². The SMILES string of the molecule is CC(C)N=C1/C(=C(\N)C(=O)O)CN(C(=O)OC(C)(C)C)C[C@@H]1C. The van der Waals surface area contributed by atoms with Crippen molar-refractivity contribution in [1.82, 2.24) is 4.90 Å². The molecule has 0 spiro atoms. The number of carbonyl (C=O) groups is 2. The Bertz CT molecular complexity index is 544. The summed E-state index contributed by atoms with van der Waals surface area (Å²) in [6, 6.07) is 0.0112. The average Bonchev–Trinajstić information content (AvgIpc) is 2.37. The topological polar surface area (TPSA) is 105 Å². The van der Waals surface area contributed by atoms with Crippen LogP contribution in [-0.2, 0) is 9.53 Å². The zero-order valence-electron chi connectivity index (χ0n) is 14.7. The Labute approximate surface area is 137 Å². The standard InChI is InChI=1S/C16H27N3O4/c1-9(2)18-13-10(3)7-19(15(22)23-16(4,5)6)8-11(13)12(17)14(20)21/h9-10H,7-8,17H2,1-6H3,(H,20,21)/b12-11-,18-13?/t10-/m0/s1. The van der Waals surface area contributed by atoms with Gasteiger partial charge in [0.2, 0.25) is 0 Å². The Morgan fingerprint density at radius 2 is 1.96 bits per heavy atom. The fraction of sp³-hybridized carbons (Fsp3) is 0.688. The van der Waals surface area contributed by atoms with Crippen molar-refractivity contribution in [2.75, 3.05) is 13.1 Å². The van der Waals surface area contributed by atoms with E-state index in [1.165, 1.54) is 4.90 Å². The fourth-order valence-electron chi connectivity index (χ4n) is 2.35. The van der Waals surface area contributed by atoms with E-state index < -0.39 is 17.7 Å². The van der Waals surface area contributed by atoms with E-state index in [0.29, 0.717) is 17.8 Å². The first-order valence-corrected chi connectivity index (χ1v) is 7.70. The number of piperidine rings is 1. The second kappa shape index (κ2) is 7.02. The highest BCUT2D eigenvalue weighted by Crippen LogP contribution is 2.23.